The molecular formula is C17H22ClN3OS. The summed E-state index contributed by atoms with van der Waals surface area (Å²) in [5.41, 5.74) is 1.20. The maximum absolute atomic E-state index is 5.87. The Bertz CT molecular complexity index is 609. The minimum atomic E-state index is 0.715. The van der Waals surface area contributed by atoms with E-state index >= 15 is 0 Å². The molecule has 2 aromatic rings. The van der Waals surface area contributed by atoms with Crippen LogP contribution in [0.25, 0.3) is 0 Å². The van der Waals surface area contributed by atoms with Crippen LogP contribution in [-0.4, -0.2) is 54.1 Å². The third-order valence-corrected chi connectivity index (χ3v) is 5.08. The lowest BCUT2D eigenvalue weighted by Crippen LogP contribution is -2.47. The lowest BCUT2D eigenvalue weighted by molar-refractivity contribution is 0.112. The summed E-state index contributed by atoms with van der Waals surface area (Å²) in [6, 6.07) is 7.54. The van der Waals surface area contributed by atoms with Crippen molar-refractivity contribution in [3.05, 3.63) is 45.4 Å². The highest BCUT2D eigenvalue weighted by Gasteiger charge is 2.17. The molecule has 1 aliphatic rings. The van der Waals surface area contributed by atoms with Gasteiger partial charge in [-0.1, -0.05) is 11.6 Å². The van der Waals surface area contributed by atoms with Crippen molar-refractivity contribution in [2.45, 2.75) is 13.5 Å². The van der Waals surface area contributed by atoms with Crippen LogP contribution in [0.4, 0.5) is 0 Å². The van der Waals surface area contributed by atoms with Gasteiger partial charge in [0.1, 0.15) is 12.4 Å². The van der Waals surface area contributed by atoms with Gasteiger partial charge in [0, 0.05) is 49.7 Å². The molecule has 1 aromatic carbocycles. The Balaban J connectivity index is 1.35. The molecule has 1 fully saturated rings. The lowest BCUT2D eigenvalue weighted by atomic mass is 10.3. The van der Waals surface area contributed by atoms with E-state index in [0.717, 1.165) is 55.0 Å². The predicted octanol–water partition coefficient (Wildman–Crippen LogP) is 3.30. The number of piperazine rings is 1. The van der Waals surface area contributed by atoms with Gasteiger partial charge < -0.3 is 4.74 Å². The predicted molar refractivity (Wildman–Crippen MR) is 95.5 cm³/mol. The fourth-order valence-corrected chi connectivity index (χ4v) is 3.43. The number of hydrogen-bond acceptors (Lipinski definition) is 5. The van der Waals surface area contributed by atoms with Gasteiger partial charge in [0.05, 0.1) is 10.7 Å². The number of thiazole rings is 1. The molecule has 0 bridgehead atoms. The highest BCUT2D eigenvalue weighted by Crippen LogP contribution is 2.16. The molecule has 124 valence electrons. The Kier molecular flexibility index (Phi) is 5.89. The third-order valence-electron chi connectivity index (χ3n) is 4.01. The average molecular weight is 352 g/mol. The molecule has 2 heterocycles. The number of aryl methyl sites for hydroxylation is 1. The van der Waals surface area contributed by atoms with Crippen molar-refractivity contribution in [2.24, 2.45) is 0 Å². The fourth-order valence-electron chi connectivity index (χ4n) is 2.70. The van der Waals surface area contributed by atoms with Crippen molar-refractivity contribution in [1.29, 1.82) is 0 Å². The van der Waals surface area contributed by atoms with Gasteiger partial charge in [0.15, 0.2) is 0 Å². The molecule has 6 heteroatoms. The molecule has 3 rings (SSSR count). The van der Waals surface area contributed by atoms with Crippen molar-refractivity contribution >= 4 is 22.9 Å². The van der Waals surface area contributed by atoms with E-state index in [4.69, 9.17) is 16.3 Å². The standard InChI is InChI=1S/C17H22ClN3OS/c1-14-19-16(13-23-14)12-21-8-6-20(7-9-21)10-11-22-17-4-2-15(18)3-5-17/h2-5,13H,6-12H2,1H3. The molecule has 1 aromatic heterocycles. The minimum Gasteiger partial charge on any atom is -0.492 e. The van der Waals surface area contributed by atoms with E-state index in [9.17, 15) is 0 Å². The highest BCUT2D eigenvalue weighted by molar-refractivity contribution is 7.09. The molecule has 0 aliphatic carbocycles. The van der Waals surface area contributed by atoms with Crippen LogP contribution in [0.2, 0.25) is 5.02 Å². The topological polar surface area (TPSA) is 28.6 Å². The summed E-state index contributed by atoms with van der Waals surface area (Å²) in [4.78, 5) is 9.48. The van der Waals surface area contributed by atoms with Crippen LogP contribution in [0.5, 0.6) is 5.75 Å². The molecular weight excluding hydrogens is 330 g/mol. The summed E-state index contributed by atoms with van der Waals surface area (Å²) in [6.45, 7) is 9.08. The van der Waals surface area contributed by atoms with Gasteiger partial charge >= 0.3 is 0 Å². The minimum absolute atomic E-state index is 0.715. The maximum Gasteiger partial charge on any atom is 0.119 e. The van der Waals surface area contributed by atoms with Crippen molar-refractivity contribution in [1.82, 2.24) is 14.8 Å². The summed E-state index contributed by atoms with van der Waals surface area (Å²) >= 11 is 7.60. The number of benzene rings is 1. The smallest absolute Gasteiger partial charge is 0.119 e. The van der Waals surface area contributed by atoms with Gasteiger partial charge in [0.25, 0.3) is 0 Å². The van der Waals surface area contributed by atoms with Crippen LogP contribution in [0.3, 0.4) is 0 Å². The number of halogens is 1. The lowest BCUT2D eigenvalue weighted by Gasteiger charge is -2.34. The third kappa shape index (κ3) is 5.18. The second-order valence-electron chi connectivity index (χ2n) is 5.78. The summed E-state index contributed by atoms with van der Waals surface area (Å²) in [5, 5.41) is 4.06. The first-order chi connectivity index (χ1) is 11.2. The molecule has 0 radical (unpaired) electrons. The van der Waals surface area contributed by atoms with E-state index in [1.165, 1.54) is 5.69 Å². The van der Waals surface area contributed by atoms with E-state index < -0.39 is 0 Å². The Morgan fingerprint density at radius 1 is 1.13 bits per heavy atom. The van der Waals surface area contributed by atoms with Crippen LogP contribution in [0.15, 0.2) is 29.6 Å². The number of hydrogen-bond donors (Lipinski definition) is 0. The maximum atomic E-state index is 5.87. The Labute approximate surface area is 146 Å². The van der Waals surface area contributed by atoms with Crippen LogP contribution >= 0.6 is 22.9 Å². The molecule has 0 amide bonds. The van der Waals surface area contributed by atoms with E-state index in [1.54, 1.807) is 11.3 Å². The first kappa shape index (κ1) is 16.7. The van der Waals surface area contributed by atoms with Crippen molar-refractivity contribution in [3.8, 4) is 5.75 Å². The van der Waals surface area contributed by atoms with Gasteiger partial charge in [-0.05, 0) is 31.2 Å². The second kappa shape index (κ2) is 8.11. The Hall–Kier alpha value is -1.14. The number of nitrogens with zero attached hydrogens (tertiary/aromatic N) is 3. The van der Waals surface area contributed by atoms with Crippen molar-refractivity contribution < 1.29 is 4.74 Å². The van der Waals surface area contributed by atoms with Gasteiger partial charge in [0.2, 0.25) is 0 Å². The molecule has 1 aliphatic heterocycles. The highest BCUT2D eigenvalue weighted by atomic mass is 35.5. The molecule has 4 nitrogen and oxygen atoms in total. The number of ether oxygens (including phenoxy) is 1. The van der Waals surface area contributed by atoms with Crippen LogP contribution in [0, 0.1) is 6.92 Å². The molecule has 0 unspecified atom stereocenters. The van der Waals surface area contributed by atoms with Gasteiger partial charge in [-0.2, -0.15) is 0 Å². The first-order valence-electron chi connectivity index (χ1n) is 7.93. The molecule has 23 heavy (non-hydrogen) atoms. The van der Waals surface area contributed by atoms with Crippen LogP contribution < -0.4 is 4.74 Å². The van der Waals surface area contributed by atoms with Crippen LogP contribution in [0.1, 0.15) is 10.7 Å². The van der Waals surface area contributed by atoms with E-state index in [-0.39, 0.29) is 0 Å². The Morgan fingerprint density at radius 3 is 2.48 bits per heavy atom. The first-order valence-corrected chi connectivity index (χ1v) is 9.19. The monoisotopic (exact) mass is 351 g/mol. The number of aromatic nitrogens is 1. The molecule has 0 atom stereocenters. The fraction of sp³-hybridized carbons (Fsp3) is 0.471. The SMILES string of the molecule is Cc1nc(CN2CCN(CCOc3ccc(Cl)cc3)CC2)cs1. The zero-order valence-corrected chi connectivity index (χ0v) is 14.9. The summed E-state index contributed by atoms with van der Waals surface area (Å²) in [5.74, 6) is 0.881. The molecule has 0 saturated carbocycles. The average Bonchev–Trinajstić information content (AvgIpc) is 2.96. The number of rotatable bonds is 6. The van der Waals surface area contributed by atoms with Crippen LogP contribution in [-0.2, 0) is 6.54 Å². The van der Waals surface area contributed by atoms with Gasteiger partial charge in [-0.25, -0.2) is 4.98 Å². The molecule has 0 spiro atoms. The molecule has 1 saturated heterocycles. The van der Waals surface area contributed by atoms with E-state index in [1.807, 2.05) is 24.3 Å². The second-order valence-corrected chi connectivity index (χ2v) is 7.28. The summed E-state index contributed by atoms with van der Waals surface area (Å²) in [7, 11) is 0. The van der Waals surface area contributed by atoms with E-state index in [0.29, 0.717) is 6.61 Å². The zero-order chi connectivity index (χ0) is 16.1. The largest absolute Gasteiger partial charge is 0.492 e. The van der Waals surface area contributed by atoms with Gasteiger partial charge in [-0.3, -0.25) is 9.80 Å². The quantitative estimate of drug-likeness (QED) is 0.798. The Morgan fingerprint density at radius 2 is 1.83 bits per heavy atom. The van der Waals surface area contributed by atoms with Crippen molar-refractivity contribution in [3.63, 3.8) is 0 Å². The normalized spacial score (nSPS) is 16.6. The van der Waals surface area contributed by atoms with E-state index in [2.05, 4.69) is 27.1 Å². The zero-order valence-electron chi connectivity index (χ0n) is 13.4. The summed E-state index contributed by atoms with van der Waals surface area (Å²) < 4.78 is 5.77. The van der Waals surface area contributed by atoms with Crippen molar-refractivity contribution in [2.75, 3.05) is 39.3 Å². The van der Waals surface area contributed by atoms with Gasteiger partial charge in [-0.15, -0.1) is 11.3 Å². The summed E-state index contributed by atoms with van der Waals surface area (Å²) in [6.07, 6.45) is 0. The molecule has 0 N–H and O–H groups in total.